The standard InChI is InChI=1S/C34H36F7N7O2.C2H6/c1-18-5-2-6-23-26-29(27(38)28(44-23)21-14-20(42)13-19-7-8-22(36)30(25(19)21)50-34(39,40)41)45-32(46-31(26)48(18)15-24(37)43-17-35)49-16-33-9-3-11-47(33)12-4-10-33;1-2/h7-8,13-14,18,24,43H,2-6,9-12,15-17,42H2,1H3;1-2H3. The Morgan fingerprint density at radius 3 is 2.46 bits per heavy atom. The highest BCUT2D eigenvalue weighted by atomic mass is 19.4. The second-order valence-corrected chi connectivity index (χ2v) is 13.3. The van der Waals surface area contributed by atoms with E-state index in [1.165, 1.54) is 18.2 Å². The van der Waals surface area contributed by atoms with Gasteiger partial charge in [-0.2, -0.15) is 9.97 Å². The number of ether oxygens (including phenoxy) is 2. The molecule has 3 N–H and O–H groups in total. The number of nitrogens with two attached hydrogens (primary N) is 1. The van der Waals surface area contributed by atoms with Crippen LogP contribution in [0.3, 0.4) is 0 Å². The third-order valence-corrected chi connectivity index (χ3v) is 10.1. The summed E-state index contributed by atoms with van der Waals surface area (Å²) in [7, 11) is 0. The molecule has 2 atom stereocenters. The maximum Gasteiger partial charge on any atom is 0.573 e. The fraction of sp³-hybridized carbons (Fsp3) is 0.528. The number of hydrogen-bond acceptors (Lipinski definition) is 9. The number of alkyl halides is 5. The minimum atomic E-state index is -5.27. The van der Waals surface area contributed by atoms with Crippen molar-refractivity contribution < 1.29 is 40.2 Å². The summed E-state index contributed by atoms with van der Waals surface area (Å²) >= 11 is 0. The van der Waals surface area contributed by atoms with Crippen LogP contribution in [-0.2, 0) is 6.42 Å². The molecule has 3 aliphatic rings. The maximum absolute atomic E-state index is 17.1. The van der Waals surface area contributed by atoms with E-state index in [2.05, 4.69) is 29.9 Å². The Labute approximate surface area is 296 Å². The van der Waals surface area contributed by atoms with Crippen molar-refractivity contribution in [3.8, 4) is 23.0 Å². The highest BCUT2D eigenvalue weighted by molar-refractivity contribution is 6.04. The Morgan fingerprint density at radius 2 is 1.77 bits per heavy atom. The van der Waals surface area contributed by atoms with Gasteiger partial charge in [-0.1, -0.05) is 19.9 Å². The Morgan fingerprint density at radius 1 is 1.04 bits per heavy atom. The summed E-state index contributed by atoms with van der Waals surface area (Å²) in [6.07, 6.45) is -1.96. The highest BCUT2D eigenvalue weighted by Gasteiger charge is 2.45. The molecule has 16 heteroatoms. The number of rotatable bonds is 9. The van der Waals surface area contributed by atoms with Crippen molar-refractivity contribution in [2.45, 2.75) is 90.0 Å². The molecule has 2 saturated heterocycles. The number of aryl methyl sites for hydroxylation is 1. The molecule has 3 aliphatic heterocycles. The quantitative estimate of drug-likeness (QED) is 0.101. The third-order valence-electron chi connectivity index (χ3n) is 10.1. The highest BCUT2D eigenvalue weighted by Crippen LogP contribution is 2.44. The van der Waals surface area contributed by atoms with Gasteiger partial charge in [-0.25, -0.2) is 22.5 Å². The predicted molar refractivity (Wildman–Crippen MR) is 185 cm³/mol. The molecule has 2 aromatic heterocycles. The molecule has 2 unspecified atom stereocenters. The number of aromatic nitrogens is 3. The Kier molecular flexibility index (Phi) is 10.9. The first-order valence-electron chi connectivity index (χ1n) is 17.6. The van der Waals surface area contributed by atoms with Crippen molar-refractivity contribution in [2.75, 3.05) is 43.7 Å². The van der Waals surface area contributed by atoms with E-state index < -0.39 is 42.5 Å². The van der Waals surface area contributed by atoms with Gasteiger partial charge in [0.15, 0.2) is 23.7 Å². The summed E-state index contributed by atoms with van der Waals surface area (Å²) in [5.41, 5.74) is 5.30. The number of nitrogen functional groups attached to an aromatic ring is 1. The summed E-state index contributed by atoms with van der Waals surface area (Å²) in [5.74, 6) is -3.41. The molecule has 0 amide bonds. The summed E-state index contributed by atoms with van der Waals surface area (Å²) in [4.78, 5) is 17.8. The number of hydrogen-bond donors (Lipinski definition) is 2. The van der Waals surface area contributed by atoms with Crippen molar-refractivity contribution in [1.29, 1.82) is 0 Å². The van der Waals surface area contributed by atoms with Gasteiger partial charge in [-0.15, -0.1) is 13.2 Å². The Hall–Kier alpha value is -4.18. The van der Waals surface area contributed by atoms with E-state index in [-0.39, 0.29) is 81.6 Å². The molecule has 7 rings (SSSR count). The molecule has 0 saturated carbocycles. The van der Waals surface area contributed by atoms with Crippen LogP contribution < -0.4 is 25.4 Å². The summed E-state index contributed by atoms with van der Waals surface area (Å²) in [5, 5.41) is 1.95. The molecule has 9 nitrogen and oxygen atoms in total. The van der Waals surface area contributed by atoms with Crippen molar-refractivity contribution >= 4 is 33.2 Å². The molecule has 0 radical (unpaired) electrons. The number of halogens is 7. The molecular weight excluding hydrogens is 695 g/mol. The van der Waals surface area contributed by atoms with Gasteiger partial charge in [0.2, 0.25) is 0 Å². The fourth-order valence-corrected chi connectivity index (χ4v) is 7.85. The van der Waals surface area contributed by atoms with Crippen LogP contribution in [0.1, 0.15) is 65.0 Å². The van der Waals surface area contributed by atoms with Gasteiger partial charge in [0.1, 0.15) is 30.4 Å². The minimum Gasteiger partial charge on any atom is -0.461 e. The van der Waals surface area contributed by atoms with Crippen molar-refractivity contribution in [2.24, 2.45) is 0 Å². The molecule has 5 heterocycles. The van der Waals surface area contributed by atoms with Gasteiger partial charge >= 0.3 is 12.4 Å². The van der Waals surface area contributed by atoms with E-state index in [4.69, 9.17) is 10.5 Å². The maximum atomic E-state index is 17.1. The largest absolute Gasteiger partial charge is 0.573 e. The van der Waals surface area contributed by atoms with Crippen LogP contribution in [0, 0.1) is 11.6 Å². The van der Waals surface area contributed by atoms with Crippen LogP contribution in [-0.4, -0.2) is 77.1 Å². The van der Waals surface area contributed by atoms with Crippen LogP contribution >= 0.6 is 0 Å². The average Bonchev–Trinajstić information content (AvgIpc) is 3.69. The lowest BCUT2D eigenvalue weighted by Gasteiger charge is -2.35. The lowest BCUT2D eigenvalue weighted by Crippen LogP contribution is -2.44. The third kappa shape index (κ3) is 7.23. The lowest BCUT2D eigenvalue weighted by atomic mass is 9.95. The first-order chi connectivity index (χ1) is 24.9. The van der Waals surface area contributed by atoms with Gasteiger partial charge in [0.05, 0.1) is 23.2 Å². The number of nitrogens with one attached hydrogen (secondary N) is 1. The van der Waals surface area contributed by atoms with E-state index in [1.807, 2.05) is 20.8 Å². The molecule has 0 aliphatic carbocycles. The minimum absolute atomic E-state index is 0.0553. The molecule has 282 valence electrons. The molecule has 0 bridgehead atoms. The fourth-order valence-electron chi connectivity index (χ4n) is 7.85. The number of pyridine rings is 1. The number of anilines is 2. The number of fused-ring (bicyclic) bond motifs is 2. The predicted octanol–water partition coefficient (Wildman–Crippen LogP) is 7.98. The molecule has 4 aromatic rings. The van der Waals surface area contributed by atoms with E-state index in [0.29, 0.717) is 12.8 Å². The molecule has 2 aromatic carbocycles. The average molecular weight is 738 g/mol. The molecule has 52 heavy (non-hydrogen) atoms. The smallest absolute Gasteiger partial charge is 0.461 e. The van der Waals surface area contributed by atoms with Crippen molar-refractivity contribution in [1.82, 2.24) is 25.2 Å². The Bertz CT molecular complexity index is 1920. The van der Waals surface area contributed by atoms with Gasteiger partial charge in [-0.05, 0) is 88.5 Å². The van der Waals surface area contributed by atoms with Crippen LogP contribution in [0.5, 0.6) is 11.8 Å². The van der Waals surface area contributed by atoms with E-state index in [9.17, 15) is 22.0 Å². The summed E-state index contributed by atoms with van der Waals surface area (Å²) < 4.78 is 111. The van der Waals surface area contributed by atoms with Crippen LogP contribution in [0.4, 0.5) is 42.2 Å². The molecular formula is C36H42F7N7O2. The number of nitrogens with zero attached hydrogens (tertiary/aromatic N) is 5. The molecule has 2 fully saturated rings. The van der Waals surface area contributed by atoms with Gasteiger partial charge in [-0.3, -0.25) is 10.2 Å². The van der Waals surface area contributed by atoms with Crippen LogP contribution in [0.2, 0.25) is 0 Å². The van der Waals surface area contributed by atoms with Crippen LogP contribution in [0.15, 0.2) is 24.3 Å². The van der Waals surface area contributed by atoms with Crippen LogP contribution in [0.25, 0.3) is 32.9 Å². The van der Waals surface area contributed by atoms with Gasteiger partial charge in [0, 0.05) is 22.7 Å². The van der Waals surface area contributed by atoms with E-state index >= 15 is 8.78 Å². The second-order valence-electron chi connectivity index (χ2n) is 13.3. The number of benzene rings is 2. The zero-order valence-corrected chi connectivity index (χ0v) is 29.2. The SMILES string of the molecule is CC.CC1CCCc2nc(-c3cc(N)cc4ccc(F)c(OC(F)(F)F)c34)c(F)c3nc(OCC45CCCN4CCC5)nc(c23)N1CC(F)NCF. The summed E-state index contributed by atoms with van der Waals surface area (Å²) in [6, 6.07) is 4.04. The van der Waals surface area contributed by atoms with E-state index in [0.717, 1.165) is 44.8 Å². The van der Waals surface area contributed by atoms with Gasteiger partial charge in [0.25, 0.3) is 0 Å². The topological polar surface area (TPSA) is 102 Å². The lowest BCUT2D eigenvalue weighted by molar-refractivity contribution is -0.275. The first-order valence-corrected chi connectivity index (χ1v) is 17.6. The second kappa shape index (κ2) is 15.0. The molecule has 0 spiro atoms. The zero-order chi connectivity index (χ0) is 37.4. The summed E-state index contributed by atoms with van der Waals surface area (Å²) in [6.45, 7) is 6.49. The van der Waals surface area contributed by atoms with Gasteiger partial charge < -0.3 is 20.1 Å². The van der Waals surface area contributed by atoms with E-state index in [1.54, 1.807) is 4.90 Å². The van der Waals surface area contributed by atoms with Crippen molar-refractivity contribution in [3.05, 3.63) is 41.6 Å². The Balaban J connectivity index is 0.00000228. The normalized spacial score (nSPS) is 19.2. The zero-order valence-electron chi connectivity index (χ0n) is 29.2. The van der Waals surface area contributed by atoms with Crippen molar-refractivity contribution in [3.63, 3.8) is 0 Å². The monoisotopic (exact) mass is 737 g/mol. The first kappa shape index (κ1) is 37.6.